The normalized spacial score (nSPS) is 22.5. The van der Waals surface area contributed by atoms with E-state index in [1.165, 1.54) is 49.4 Å². The highest BCUT2D eigenvalue weighted by Gasteiger charge is 2.30. The Morgan fingerprint density at radius 2 is 2.07 bits per heavy atom. The highest BCUT2D eigenvalue weighted by molar-refractivity contribution is 7.09. The number of likely N-dealkylation sites (tertiary alicyclic amines) is 1. The summed E-state index contributed by atoms with van der Waals surface area (Å²) in [5.74, 6) is 0.961. The number of nitrogens with one attached hydrogen (secondary N) is 2. The van der Waals surface area contributed by atoms with Crippen LogP contribution < -0.4 is 10.6 Å². The Bertz CT molecular complexity index is 612. The van der Waals surface area contributed by atoms with Gasteiger partial charge in [-0.05, 0) is 26.2 Å². The van der Waals surface area contributed by atoms with Crippen LogP contribution in [0.25, 0.3) is 0 Å². The lowest BCUT2D eigenvalue weighted by atomic mass is 9.93. The Labute approximate surface area is 169 Å². The summed E-state index contributed by atoms with van der Waals surface area (Å²) >= 11 is 1.76. The van der Waals surface area contributed by atoms with Gasteiger partial charge in [0.15, 0.2) is 5.96 Å². The minimum absolute atomic E-state index is 0.127. The fraction of sp³-hybridized carbons (Fsp3) is 0.810. The van der Waals surface area contributed by atoms with Gasteiger partial charge in [-0.15, -0.1) is 11.3 Å². The Balaban J connectivity index is 1.48. The monoisotopic (exact) mass is 391 g/mol. The molecule has 1 saturated heterocycles. The van der Waals surface area contributed by atoms with Gasteiger partial charge >= 0.3 is 0 Å². The molecule has 1 atom stereocenters. The van der Waals surface area contributed by atoms with Crippen LogP contribution in [0.1, 0.15) is 70.5 Å². The fourth-order valence-electron chi connectivity index (χ4n) is 4.05. The third-order valence-electron chi connectivity index (χ3n) is 5.66. The number of guanidine groups is 1. The smallest absolute Gasteiger partial charge is 0.191 e. The molecule has 1 unspecified atom stereocenters. The Kier molecular flexibility index (Phi) is 7.15. The second kappa shape index (κ2) is 9.37. The molecule has 1 aliphatic carbocycles. The molecular formula is C21H37N5S. The number of aliphatic imine (C=N–C) groups is 1. The van der Waals surface area contributed by atoms with Crippen LogP contribution in [-0.4, -0.2) is 54.1 Å². The van der Waals surface area contributed by atoms with Crippen molar-refractivity contribution in [2.45, 2.75) is 83.7 Å². The largest absolute Gasteiger partial charge is 0.357 e. The summed E-state index contributed by atoms with van der Waals surface area (Å²) in [6, 6.07) is 1.36. The number of rotatable bonds is 6. The summed E-state index contributed by atoms with van der Waals surface area (Å²) in [7, 11) is 0. The van der Waals surface area contributed by atoms with E-state index in [1.54, 1.807) is 11.3 Å². The van der Waals surface area contributed by atoms with Crippen molar-refractivity contribution in [2.75, 3.05) is 26.2 Å². The molecule has 2 fully saturated rings. The van der Waals surface area contributed by atoms with E-state index >= 15 is 0 Å². The van der Waals surface area contributed by atoms with E-state index in [4.69, 9.17) is 9.98 Å². The zero-order valence-electron chi connectivity index (χ0n) is 17.6. The minimum Gasteiger partial charge on any atom is -0.357 e. The van der Waals surface area contributed by atoms with Gasteiger partial charge in [0.25, 0.3) is 0 Å². The molecule has 1 aromatic rings. The van der Waals surface area contributed by atoms with Crippen LogP contribution in [0.2, 0.25) is 0 Å². The Morgan fingerprint density at radius 3 is 2.74 bits per heavy atom. The molecule has 27 heavy (non-hydrogen) atoms. The van der Waals surface area contributed by atoms with E-state index in [0.717, 1.165) is 38.1 Å². The van der Waals surface area contributed by atoms with Gasteiger partial charge in [-0.1, -0.05) is 33.6 Å². The molecule has 0 amide bonds. The minimum atomic E-state index is 0.127. The van der Waals surface area contributed by atoms with Gasteiger partial charge < -0.3 is 10.6 Å². The molecule has 0 bridgehead atoms. The van der Waals surface area contributed by atoms with Crippen molar-refractivity contribution in [1.29, 1.82) is 0 Å². The molecule has 2 aliphatic rings. The highest BCUT2D eigenvalue weighted by Crippen LogP contribution is 2.26. The number of nitrogens with zero attached hydrogens (tertiary/aromatic N) is 3. The lowest BCUT2D eigenvalue weighted by Gasteiger charge is -2.24. The van der Waals surface area contributed by atoms with Crippen molar-refractivity contribution in [1.82, 2.24) is 20.5 Å². The lowest BCUT2D eigenvalue weighted by Crippen LogP contribution is -2.45. The number of thiazole rings is 1. The quantitative estimate of drug-likeness (QED) is 0.575. The van der Waals surface area contributed by atoms with Gasteiger partial charge in [0.1, 0.15) is 0 Å². The molecule has 2 N–H and O–H groups in total. The first-order chi connectivity index (χ1) is 13.0. The molecule has 3 rings (SSSR count). The van der Waals surface area contributed by atoms with E-state index in [0.29, 0.717) is 6.04 Å². The number of hydrogen-bond donors (Lipinski definition) is 2. The molecule has 2 heterocycles. The standard InChI is InChI=1S/C21H37N5S/c1-5-22-20(23-12-10-19-25-18(15-27-19)21(2,3)4)24-16-11-13-26(14-16)17-8-6-7-9-17/h15-17H,5-14H2,1-4H3,(H2,22,23,24). The van der Waals surface area contributed by atoms with Gasteiger partial charge in [-0.3, -0.25) is 9.89 Å². The van der Waals surface area contributed by atoms with Crippen LogP contribution in [0.3, 0.4) is 0 Å². The van der Waals surface area contributed by atoms with Crippen LogP contribution >= 0.6 is 11.3 Å². The number of aromatic nitrogens is 1. The maximum absolute atomic E-state index is 4.81. The third-order valence-corrected chi connectivity index (χ3v) is 6.57. The number of hydrogen-bond acceptors (Lipinski definition) is 4. The van der Waals surface area contributed by atoms with Gasteiger partial charge in [0.2, 0.25) is 0 Å². The SMILES string of the molecule is CCNC(=NCCc1nc(C(C)(C)C)cs1)NC1CCN(C2CCCC2)C1. The zero-order valence-corrected chi connectivity index (χ0v) is 18.4. The van der Waals surface area contributed by atoms with Crippen molar-refractivity contribution in [3.63, 3.8) is 0 Å². The summed E-state index contributed by atoms with van der Waals surface area (Å²) in [6.07, 6.45) is 7.75. The molecule has 5 nitrogen and oxygen atoms in total. The second-order valence-corrected chi connectivity index (χ2v) is 9.89. The lowest BCUT2D eigenvalue weighted by molar-refractivity contribution is 0.242. The summed E-state index contributed by atoms with van der Waals surface area (Å²) < 4.78 is 0. The zero-order chi connectivity index (χ0) is 19.3. The molecule has 1 saturated carbocycles. The first-order valence-corrected chi connectivity index (χ1v) is 11.6. The molecule has 152 valence electrons. The van der Waals surface area contributed by atoms with Crippen LogP contribution in [0.5, 0.6) is 0 Å². The molecule has 1 aromatic heterocycles. The predicted molar refractivity (Wildman–Crippen MR) is 116 cm³/mol. The summed E-state index contributed by atoms with van der Waals surface area (Å²) in [5.41, 5.74) is 1.32. The van der Waals surface area contributed by atoms with E-state index < -0.39 is 0 Å². The summed E-state index contributed by atoms with van der Waals surface area (Å²) in [4.78, 5) is 12.3. The maximum Gasteiger partial charge on any atom is 0.191 e. The van der Waals surface area contributed by atoms with Crippen molar-refractivity contribution in [2.24, 2.45) is 4.99 Å². The average Bonchev–Trinajstić information content (AvgIpc) is 3.35. The van der Waals surface area contributed by atoms with Crippen LogP contribution in [0.4, 0.5) is 0 Å². The van der Waals surface area contributed by atoms with Crippen molar-refractivity contribution >= 4 is 17.3 Å². The van der Waals surface area contributed by atoms with Crippen LogP contribution in [0.15, 0.2) is 10.4 Å². The van der Waals surface area contributed by atoms with Crippen LogP contribution in [-0.2, 0) is 11.8 Å². The van der Waals surface area contributed by atoms with Gasteiger partial charge in [0, 0.05) is 55.5 Å². The first-order valence-electron chi connectivity index (χ1n) is 10.7. The molecule has 0 spiro atoms. The summed E-state index contributed by atoms with van der Waals surface area (Å²) in [5, 5.41) is 10.5. The molecule has 6 heteroatoms. The Morgan fingerprint density at radius 1 is 1.30 bits per heavy atom. The average molecular weight is 392 g/mol. The Hall–Kier alpha value is -1.14. The van der Waals surface area contributed by atoms with E-state index in [1.807, 2.05) is 0 Å². The molecular weight excluding hydrogens is 354 g/mol. The highest BCUT2D eigenvalue weighted by atomic mass is 32.1. The topological polar surface area (TPSA) is 52.6 Å². The second-order valence-electron chi connectivity index (χ2n) is 8.95. The van der Waals surface area contributed by atoms with Crippen molar-refractivity contribution < 1.29 is 0 Å². The van der Waals surface area contributed by atoms with Gasteiger partial charge in [-0.25, -0.2) is 4.98 Å². The van der Waals surface area contributed by atoms with E-state index in [-0.39, 0.29) is 5.41 Å². The molecule has 0 aromatic carbocycles. The van der Waals surface area contributed by atoms with Crippen molar-refractivity contribution in [3.05, 3.63) is 16.1 Å². The predicted octanol–water partition coefficient (Wildman–Crippen LogP) is 3.56. The van der Waals surface area contributed by atoms with Crippen LogP contribution in [0, 0.1) is 0 Å². The van der Waals surface area contributed by atoms with Gasteiger partial charge in [-0.2, -0.15) is 0 Å². The van der Waals surface area contributed by atoms with E-state index in [9.17, 15) is 0 Å². The van der Waals surface area contributed by atoms with Crippen molar-refractivity contribution in [3.8, 4) is 0 Å². The molecule has 1 aliphatic heterocycles. The third kappa shape index (κ3) is 5.92. The molecule has 0 radical (unpaired) electrons. The van der Waals surface area contributed by atoms with E-state index in [2.05, 4.69) is 48.6 Å². The first kappa shape index (κ1) is 20.6. The fourth-order valence-corrected chi connectivity index (χ4v) is 5.07. The van der Waals surface area contributed by atoms with Gasteiger partial charge in [0.05, 0.1) is 10.7 Å². The maximum atomic E-state index is 4.81. The summed E-state index contributed by atoms with van der Waals surface area (Å²) in [6.45, 7) is 12.9.